The highest BCUT2D eigenvalue weighted by Gasteiger charge is 2.10. The number of amides is 2. The van der Waals surface area contributed by atoms with Crippen LogP contribution in [0.1, 0.15) is 13.8 Å². The lowest BCUT2D eigenvalue weighted by atomic mass is 10.2. The Morgan fingerprint density at radius 1 is 1.29 bits per heavy atom. The third-order valence-corrected chi connectivity index (χ3v) is 3.66. The topological polar surface area (TPSA) is 73.9 Å². The van der Waals surface area contributed by atoms with Crippen LogP contribution >= 0.6 is 11.8 Å². The zero-order chi connectivity index (χ0) is 15.2. The van der Waals surface area contributed by atoms with E-state index in [0.717, 1.165) is 17.1 Å². The molecule has 0 fully saturated rings. The lowest BCUT2D eigenvalue weighted by molar-refractivity contribution is 0.217. The second-order valence-corrected chi connectivity index (χ2v) is 5.12. The molecular weight excluding hydrogens is 286 g/mol. The fourth-order valence-electron chi connectivity index (χ4n) is 1.89. The van der Waals surface area contributed by atoms with Crippen LogP contribution in [0.4, 0.5) is 10.5 Å². The number of urea groups is 1. The number of carbonyl (C=O) groups is 1. The Morgan fingerprint density at radius 2 is 1.95 bits per heavy atom. The summed E-state index contributed by atoms with van der Waals surface area (Å²) in [6.07, 6.45) is 1.93. The molecule has 0 spiro atoms. The number of H-pyrrole nitrogens is 1. The number of rotatable bonds is 5. The second-order valence-electron chi connectivity index (χ2n) is 4.35. The largest absolute Gasteiger partial charge is 0.325 e. The first kappa shape index (κ1) is 15.4. The van der Waals surface area contributed by atoms with E-state index in [1.54, 1.807) is 4.90 Å². The van der Waals surface area contributed by atoms with Gasteiger partial charge in [0.2, 0.25) is 5.16 Å². The number of carbonyl (C=O) groups excluding carboxylic acids is 1. The molecule has 2 N–H and O–H groups in total. The van der Waals surface area contributed by atoms with E-state index in [0.29, 0.717) is 18.2 Å². The lowest BCUT2D eigenvalue weighted by Crippen LogP contribution is -2.34. The Kier molecular flexibility index (Phi) is 5.21. The van der Waals surface area contributed by atoms with Crippen LogP contribution in [0.3, 0.4) is 0 Å². The molecule has 1 heterocycles. The Hall–Kier alpha value is -2.02. The van der Waals surface area contributed by atoms with Gasteiger partial charge in [-0.1, -0.05) is 11.8 Å². The highest BCUT2D eigenvalue weighted by atomic mass is 32.2. The van der Waals surface area contributed by atoms with Gasteiger partial charge < -0.3 is 10.2 Å². The van der Waals surface area contributed by atoms with Gasteiger partial charge in [0.05, 0.1) is 0 Å². The Labute approximate surface area is 128 Å². The number of thioether (sulfide) groups is 1. The molecule has 0 aliphatic carbocycles. The minimum absolute atomic E-state index is 0.0860. The number of aromatic amines is 1. The van der Waals surface area contributed by atoms with Crippen LogP contribution in [0.25, 0.3) is 11.4 Å². The normalized spacial score (nSPS) is 10.4. The SMILES string of the molecule is CCN(CC)C(=O)Nc1ccc(-c2nc(SC)n[nH]2)cc1. The van der Waals surface area contributed by atoms with Crippen molar-refractivity contribution in [2.24, 2.45) is 0 Å². The first-order chi connectivity index (χ1) is 10.2. The van der Waals surface area contributed by atoms with Crippen LogP contribution in [-0.2, 0) is 0 Å². The molecule has 0 atom stereocenters. The zero-order valence-electron chi connectivity index (χ0n) is 12.4. The summed E-state index contributed by atoms with van der Waals surface area (Å²) in [4.78, 5) is 18.0. The van der Waals surface area contributed by atoms with E-state index in [-0.39, 0.29) is 6.03 Å². The monoisotopic (exact) mass is 305 g/mol. The summed E-state index contributed by atoms with van der Waals surface area (Å²) in [6, 6.07) is 7.44. The van der Waals surface area contributed by atoms with Crippen LogP contribution in [0.5, 0.6) is 0 Å². The maximum Gasteiger partial charge on any atom is 0.321 e. The highest BCUT2D eigenvalue weighted by molar-refractivity contribution is 7.98. The number of nitrogens with one attached hydrogen (secondary N) is 2. The van der Waals surface area contributed by atoms with E-state index in [2.05, 4.69) is 20.5 Å². The molecule has 0 aliphatic rings. The van der Waals surface area contributed by atoms with Gasteiger partial charge in [-0.25, -0.2) is 9.78 Å². The molecule has 21 heavy (non-hydrogen) atoms. The molecule has 0 unspecified atom stereocenters. The number of hydrogen-bond donors (Lipinski definition) is 2. The van der Waals surface area contributed by atoms with Crippen molar-refractivity contribution in [3.63, 3.8) is 0 Å². The molecular formula is C14H19N5OS. The third kappa shape index (κ3) is 3.75. The van der Waals surface area contributed by atoms with Crippen molar-refractivity contribution in [1.82, 2.24) is 20.1 Å². The molecule has 2 aromatic rings. The summed E-state index contributed by atoms with van der Waals surface area (Å²) >= 11 is 1.49. The third-order valence-electron chi connectivity index (χ3n) is 3.11. The van der Waals surface area contributed by atoms with Gasteiger partial charge in [0, 0.05) is 24.3 Å². The summed E-state index contributed by atoms with van der Waals surface area (Å²) in [5.41, 5.74) is 1.70. The van der Waals surface area contributed by atoms with Gasteiger partial charge in [0.25, 0.3) is 0 Å². The van der Waals surface area contributed by atoms with Crippen LogP contribution in [-0.4, -0.2) is 45.5 Å². The summed E-state index contributed by atoms with van der Waals surface area (Å²) in [5.74, 6) is 0.723. The standard InChI is InChI=1S/C14H19N5OS/c1-4-19(5-2)14(20)15-11-8-6-10(7-9-11)12-16-13(21-3)18-17-12/h6-9H,4-5H2,1-3H3,(H,15,20)(H,16,17,18). The molecule has 0 aliphatic heterocycles. The van der Waals surface area contributed by atoms with Crippen LogP contribution in [0.2, 0.25) is 0 Å². The van der Waals surface area contributed by atoms with Gasteiger partial charge in [-0.3, -0.25) is 5.10 Å². The van der Waals surface area contributed by atoms with E-state index < -0.39 is 0 Å². The van der Waals surface area contributed by atoms with Crippen molar-refractivity contribution in [2.75, 3.05) is 24.7 Å². The van der Waals surface area contributed by atoms with E-state index >= 15 is 0 Å². The summed E-state index contributed by atoms with van der Waals surface area (Å²) in [6.45, 7) is 5.30. The fourth-order valence-corrected chi connectivity index (χ4v) is 2.21. The summed E-state index contributed by atoms with van der Waals surface area (Å²) in [5, 5.41) is 10.6. The second kappa shape index (κ2) is 7.12. The molecule has 0 radical (unpaired) electrons. The molecule has 0 saturated heterocycles. The smallest absolute Gasteiger partial charge is 0.321 e. The summed E-state index contributed by atoms with van der Waals surface area (Å²) < 4.78 is 0. The average Bonchev–Trinajstić information content (AvgIpc) is 2.98. The number of nitrogens with zero attached hydrogens (tertiary/aromatic N) is 3. The maximum absolute atomic E-state index is 12.0. The van der Waals surface area contributed by atoms with Gasteiger partial charge in [0.1, 0.15) is 0 Å². The van der Waals surface area contributed by atoms with Gasteiger partial charge in [-0.2, -0.15) is 0 Å². The Bertz CT molecular complexity index is 592. The highest BCUT2D eigenvalue weighted by Crippen LogP contribution is 2.20. The van der Waals surface area contributed by atoms with Crippen LogP contribution in [0.15, 0.2) is 29.4 Å². The minimum atomic E-state index is -0.0860. The first-order valence-corrected chi connectivity index (χ1v) is 8.03. The minimum Gasteiger partial charge on any atom is -0.325 e. The lowest BCUT2D eigenvalue weighted by Gasteiger charge is -2.19. The van der Waals surface area contributed by atoms with E-state index in [9.17, 15) is 4.79 Å². The van der Waals surface area contributed by atoms with Crippen molar-refractivity contribution >= 4 is 23.5 Å². The number of hydrogen-bond acceptors (Lipinski definition) is 4. The Morgan fingerprint density at radius 3 is 2.48 bits per heavy atom. The molecule has 0 bridgehead atoms. The van der Waals surface area contributed by atoms with Gasteiger partial charge in [0.15, 0.2) is 5.82 Å². The van der Waals surface area contributed by atoms with Crippen molar-refractivity contribution in [3.05, 3.63) is 24.3 Å². The molecule has 1 aromatic heterocycles. The van der Waals surface area contributed by atoms with Crippen LogP contribution < -0.4 is 5.32 Å². The van der Waals surface area contributed by atoms with E-state index in [1.165, 1.54) is 11.8 Å². The predicted molar refractivity (Wildman–Crippen MR) is 85.5 cm³/mol. The zero-order valence-corrected chi connectivity index (χ0v) is 13.2. The summed E-state index contributed by atoms with van der Waals surface area (Å²) in [7, 11) is 0. The van der Waals surface area contributed by atoms with Gasteiger partial charge in [-0.05, 0) is 44.4 Å². The van der Waals surface area contributed by atoms with E-state index in [1.807, 2.05) is 44.4 Å². The molecule has 1 aromatic carbocycles. The molecule has 2 amide bonds. The molecule has 2 rings (SSSR count). The number of benzene rings is 1. The van der Waals surface area contributed by atoms with Gasteiger partial charge >= 0.3 is 6.03 Å². The van der Waals surface area contributed by atoms with Crippen LogP contribution in [0, 0.1) is 0 Å². The average molecular weight is 305 g/mol. The first-order valence-electron chi connectivity index (χ1n) is 6.80. The molecule has 6 nitrogen and oxygen atoms in total. The molecule has 0 saturated carbocycles. The molecule has 7 heteroatoms. The molecule has 112 valence electrons. The van der Waals surface area contributed by atoms with Crippen molar-refractivity contribution in [1.29, 1.82) is 0 Å². The van der Waals surface area contributed by atoms with Crippen molar-refractivity contribution in [2.45, 2.75) is 19.0 Å². The maximum atomic E-state index is 12.0. The fraction of sp³-hybridized carbons (Fsp3) is 0.357. The Balaban J connectivity index is 2.06. The van der Waals surface area contributed by atoms with Crippen molar-refractivity contribution < 1.29 is 4.79 Å². The van der Waals surface area contributed by atoms with Crippen molar-refractivity contribution in [3.8, 4) is 11.4 Å². The van der Waals surface area contributed by atoms with Gasteiger partial charge in [-0.15, -0.1) is 5.10 Å². The quantitative estimate of drug-likeness (QED) is 0.833. The number of aromatic nitrogens is 3. The number of anilines is 1. The predicted octanol–water partition coefficient (Wildman–Crippen LogP) is 3.07. The van der Waals surface area contributed by atoms with E-state index in [4.69, 9.17) is 0 Å².